The van der Waals surface area contributed by atoms with Gasteiger partial charge >= 0.3 is 0 Å². The maximum Gasteiger partial charge on any atom is 0.245 e. The van der Waals surface area contributed by atoms with Crippen molar-refractivity contribution in [2.24, 2.45) is 5.92 Å². The maximum atomic E-state index is 11.9. The second-order valence-corrected chi connectivity index (χ2v) is 9.53. The lowest BCUT2D eigenvalue weighted by Crippen LogP contribution is -2.38. The van der Waals surface area contributed by atoms with E-state index in [1.807, 2.05) is 28.8 Å². The molecule has 5 rings (SSSR count). The van der Waals surface area contributed by atoms with E-state index in [1.165, 1.54) is 25.3 Å². The second-order valence-electron chi connectivity index (χ2n) is 9.12. The smallest absolute Gasteiger partial charge is 0.245 e. The fraction of sp³-hybridized carbons (Fsp3) is 0.500. The molecule has 0 aromatic carbocycles. The maximum absolute atomic E-state index is 11.9. The van der Waals surface area contributed by atoms with Crippen LogP contribution in [0.15, 0.2) is 31.1 Å². The number of carbonyl (C=O) groups excluding carboxylic acids is 1. The Bertz CT molecular complexity index is 1190. The summed E-state index contributed by atoms with van der Waals surface area (Å²) in [7, 11) is 0. The molecule has 1 atom stereocenters. The Morgan fingerprint density at radius 1 is 1.30 bits per heavy atom. The molecule has 33 heavy (non-hydrogen) atoms. The van der Waals surface area contributed by atoms with Gasteiger partial charge in [0.05, 0.1) is 29.1 Å². The van der Waals surface area contributed by atoms with Crippen molar-refractivity contribution in [1.29, 1.82) is 0 Å². The molecule has 0 radical (unpaired) electrons. The van der Waals surface area contributed by atoms with Crippen molar-refractivity contribution in [3.8, 4) is 17.0 Å². The number of piperidine rings is 1. The summed E-state index contributed by atoms with van der Waals surface area (Å²) in [5.41, 5.74) is 3.45. The summed E-state index contributed by atoms with van der Waals surface area (Å²) in [4.78, 5) is 13.7. The standard InChI is InChI=1S/C24H29ClN6O2/c1-4-22(32)29-10-8-19(9-11-29)31-15(2)23(27-28-31)18-12-21(33-16(3)17-6-5-7-17)24-20(25)13-26-30(24)14-18/h4,12-14,16-17,19H,1,5-11H2,2-3H3. The van der Waals surface area contributed by atoms with E-state index in [4.69, 9.17) is 16.3 Å². The topological polar surface area (TPSA) is 77.5 Å². The van der Waals surface area contributed by atoms with Crippen LogP contribution in [0.4, 0.5) is 0 Å². The number of hydrogen-bond donors (Lipinski definition) is 0. The predicted octanol–water partition coefficient (Wildman–Crippen LogP) is 4.47. The van der Waals surface area contributed by atoms with Gasteiger partial charge in [0.2, 0.25) is 5.91 Å². The van der Waals surface area contributed by atoms with E-state index in [9.17, 15) is 4.79 Å². The van der Waals surface area contributed by atoms with Crippen LogP contribution >= 0.6 is 11.6 Å². The van der Waals surface area contributed by atoms with E-state index in [0.717, 1.165) is 41.1 Å². The first-order chi connectivity index (χ1) is 16.0. The van der Waals surface area contributed by atoms with Gasteiger partial charge in [-0.15, -0.1) is 5.10 Å². The van der Waals surface area contributed by atoms with Crippen LogP contribution in [0.1, 0.15) is 50.8 Å². The summed E-state index contributed by atoms with van der Waals surface area (Å²) in [5.74, 6) is 1.29. The first kappa shape index (κ1) is 21.9. The molecule has 3 aromatic rings. The number of halogens is 1. The molecule has 174 valence electrons. The molecule has 2 aliphatic rings. The van der Waals surface area contributed by atoms with E-state index in [1.54, 1.807) is 10.7 Å². The van der Waals surface area contributed by atoms with E-state index >= 15 is 0 Å². The fourth-order valence-corrected chi connectivity index (χ4v) is 5.11. The minimum Gasteiger partial charge on any atom is -0.488 e. The zero-order chi connectivity index (χ0) is 23.1. The molecule has 0 spiro atoms. The highest BCUT2D eigenvalue weighted by Crippen LogP contribution is 2.37. The van der Waals surface area contributed by atoms with Crippen molar-refractivity contribution in [2.75, 3.05) is 13.1 Å². The van der Waals surface area contributed by atoms with Gasteiger partial charge in [-0.3, -0.25) is 4.79 Å². The zero-order valence-corrected chi connectivity index (χ0v) is 19.8. The van der Waals surface area contributed by atoms with Gasteiger partial charge in [0.15, 0.2) is 0 Å². The molecule has 1 saturated heterocycles. The monoisotopic (exact) mass is 468 g/mol. The van der Waals surface area contributed by atoms with Gasteiger partial charge in [-0.05, 0) is 57.6 Å². The summed E-state index contributed by atoms with van der Waals surface area (Å²) in [6.07, 6.45) is 10.4. The molecule has 1 unspecified atom stereocenters. The number of nitrogens with zero attached hydrogens (tertiary/aromatic N) is 6. The van der Waals surface area contributed by atoms with Crippen LogP contribution in [-0.4, -0.2) is 54.6 Å². The summed E-state index contributed by atoms with van der Waals surface area (Å²) >= 11 is 6.44. The van der Waals surface area contributed by atoms with Crippen molar-refractivity contribution >= 4 is 23.0 Å². The molecule has 0 N–H and O–H groups in total. The van der Waals surface area contributed by atoms with Crippen molar-refractivity contribution in [3.63, 3.8) is 0 Å². The third-order valence-corrected chi connectivity index (χ3v) is 7.43. The highest BCUT2D eigenvalue weighted by molar-refractivity contribution is 6.34. The fourth-order valence-electron chi connectivity index (χ4n) is 4.89. The molecule has 1 aliphatic heterocycles. The molecule has 9 heteroatoms. The minimum atomic E-state index is -0.0145. The number of amides is 1. The van der Waals surface area contributed by atoms with E-state index in [2.05, 4.69) is 28.9 Å². The Balaban J connectivity index is 1.43. The number of fused-ring (bicyclic) bond motifs is 1. The molecule has 2 fully saturated rings. The number of carbonyl (C=O) groups is 1. The number of aromatic nitrogens is 5. The van der Waals surface area contributed by atoms with Gasteiger partial charge in [0.1, 0.15) is 17.0 Å². The van der Waals surface area contributed by atoms with Gasteiger partial charge in [0.25, 0.3) is 0 Å². The van der Waals surface area contributed by atoms with Gasteiger partial charge in [0, 0.05) is 24.8 Å². The number of hydrogen-bond acceptors (Lipinski definition) is 5. The van der Waals surface area contributed by atoms with Crippen molar-refractivity contribution in [3.05, 3.63) is 41.8 Å². The number of pyridine rings is 1. The van der Waals surface area contributed by atoms with E-state index in [0.29, 0.717) is 24.0 Å². The van der Waals surface area contributed by atoms with E-state index < -0.39 is 0 Å². The van der Waals surface area contributed by atoms with Gasteiger partial charge in [-0.2, -0.15) is 5.10 Å². The summed E-state index contributed by atoms with van der Waals surface area (Å²) in [6.45, 7) is 9.14. The number of rotatable bonds is 6. The Hall–Kier alpha value is -2.87. The highest BCUT2D eigenvalue weighted by Gasteiger charge is 2.28. The molecule has 8 nitrogen and oxygen atoms in total. The van der Waals surface area contributed by atoms with Crippen LogP contribution in [0.25, 0.3) is 16.8 Å². The van der Waals surface area contributed by atoms with Crippen molar-refractivity contribution in [2.45, 2.75) is 58.1 Å². The number of likely N-dealkylation sites (tertiary alicyclic amines) is 1. The molecule has 4 heterocycles. The molecule has 3 aromatic heterocycles. The first-order valence-corrected chi connectivity index (χ1v) is 12.0. The molecule has 1 saturated carbocycles. The Morgan fingerprint density at radius 2 is 2.06 bits per heavy atom. The summed E-state index contributed by atoms with van der Waals surface area (Å²) in [5, 5.41) is 14.0. The summed E-state index contributed by atoms with van der Waals surface area (Å²) < 4.78 is 10.1. The minimum absolute atomic E-state index is 0.0145. The van der Waals surface area contributed by atoms with Crippen LogP contribution in [0.3, 0.4) is 0 Å². The average Bonchev–Trinajstić information content (AvgIpc) is 3.34. The third-order valence-electron chi connectivity index (χ3n) is 7.16. The quantitative estimate of drug-likeness (QED) is 0.499. The van der Waals surface area contributed by atoms with Crippen LogP contribution in [-0.2, 0) is 4.79 Å². The van der Waals surface area contributed by atoms with Crippen LogP contribution in [0.5, 0.6) is 5.75 Å². The average molecular weight is 469 g/mol. The first-order valence-electron chi connectivity index (χ1n) is 11.6. The molecule has 1 amide bonds. The normalized spacial score (nSPS) is 18.3. The van der Waals surface area contributed by atoms with Crippen LogP contribution in [0, 0.1) is 12.8 Å². The van der Waals surface area contributed by atoms with Crippen molar-refractivity contribution in [1.82, 2.24) is 29.5 Å². The van der Waals surface area contributed by atoms with Crippen LogP contribution < -0.4 is 4.74 Å². The lowest BCUT2D eigenvalue weighted by atomic mass is 9.82. The van der Waals surface area contributed by atoms with Gasteiger partial charge in [-0.25, -0.2) is 9.20 Å². The molecular weight excluding hydrogens is 440 g/mol. The lowest BCUT2D eigenvalue weighted by molar-refractivity contribution is -0.127. The SMILES string of the molecule is C=CC(=O)N1CCC(n2nnc(-c3cc(OC(C)C4CCC4)c4c(Cl)cnn4c3)c2C)CC1. The van der Waals surface area contributed by atoms with Crippen molar-refractivity contribution < 1.29 is 9.53 Å². The zero-order valence-electron chi connectivity index (χ0n) is 19.1. The van der Waals surface area contributed by atoms with Crippen LogP contribution in [0.2, 0.25) is 5.02 Å². The summed E-state index contributed by atoms with van der Waals surface area (Å²) in [6, 6.07) is 2.21. The molecular formula is C24H29ClN6O2. The van der Waals surface area contributed by atoms with Gasteiger partial charge < -0.3 is 9.64 Å². The predicted molar refractivity (Wildman–Crippen MR) is 126 cm³/mol. The molecule has 0 bridgehead atoms. The third kappa shape index (κ3) is 4.01. The second kappa shape index (κ2) is 8.82. The van der Waals surface area contributed by atoms with Gasteiger partial charge in [-0.1, -0.05) is 29.8 Å². The molecule has 1 aliphatic carbocycles. The lowest BCUT2D eigenvalue weighted by Gasteiger charge is -2.32. The number of ether oxygens (including phenoxy) is 1. The Labute approximate surface area is 198 Å². The largest absolute Gasteiger partial charge is 0.488 e. The highest BCUT2D eigenvalue weighted by atomic mass is 35.5. The Morgan fingerprint density at radius 3 is 2.73 bits per heavy atom. The van der Waals surface area contributed by atoms with E-state index in [-0.39, 0.29) is 18.1 Å². The Kier molecular flexibility index (Phi) is 5.86.